The van der Waals surface area contributed by atoms with Crippen molar-refractivity contribution in [3.8, 4) is 0 Å². The van der Waals surface area contributed by atoms with E-state index in [-0.39, 0.29) is 11.9 Å². The molecule has 0 unspecified atom stereocenters. The molecule has 0 aliphatic heterocycles. The fraction of sp³-hybridized carbons (Fsp3) is 0.900. The maximum absolute atomic E-state index is 11.4. The molecule has 1 N–H and O–H groups in total. The van der Waals surface area contributed by atoms with Crippen LogP contribution in [0.15, 0.2) is 0 Å². The molecule has 82 valence electrons. The molecule has 1 rings (SSSR count). The predicted octanol–water partition coefficient (Wildman–Crippen LogP) is 1.40. The molecule has 1 aliphatic rings. The monoisotopic (exact) mass is 218 g/mol. The Morgan fingerprint density at radius 1 is 1.57 bits per heavy atom. The molecule has 0 aromatic rings. The van der Waals surface area contributed by atoms with Crippen molar-refractivity contribution in [3.63, 3.8) is 0 Å². The normalized spacial score (nSPS) is 32.6. The number of ether oxygens (including phenoxy) is 1. The van der Waals surface area contributed by atoms with Crippen LogP contribution in [0.5, 0.6) is 0 Å². The number of carbonyl (C=O) groups is 1. The van der Waals surface area contributed by atoms with E-state index in [1.807, 2.05) is 6.92 Å². The average Bonchev–Trinajstić information content (AvgIpc) is 2.19. The molecule has 0 radical (unpaired) electrons. The second-order valence-electron chi connectivity index (χ2n) is 3.91. The quantitative estimate of drug-likeness (QED) is 0.556. The van der Waals surface area contributed by atoms with Gasteiger partial charge in [-0.2, -0.15) is 12.6 Å². The molecule has 0 aromatic heterocycles. The van der Waals surface area contributed by atoms with Crippen LogP contribution in [0.1, 0.15) is 32.6 Å². The molecule has 0 spiro atoms. The van der Waals surface area contributed by atoms with E-state index in [0.29, 0.717) is 25.2 Å². The number of esters is 1. The number of hydrogen-bond acceptors (Lipinski definition) is 4. The van der Waals surface area contributed by atoms with Gasteiger partial charge in [-0.1, -0.05) is 0 Å². The second kappa shape index (κ2) is 5.03. The fourth-order valence-corrected chi connectivity index (χ4v) is 2.13. The Labute approximate surface area is 90.2 Å². The highest BCUT2D eigenvalue weighted by Crippen LogP contribution is 2.33. The summed E-state index contributed by atoms with van der Waals surface area (Å²) in [4.78, 5) is 11.4. The van der Waals surface area contributed by atoms with Crippen molar-refractivity contribution in [2.75, 3.05) is 12.4 Å². The molecule has 1 saturated carbocycles. The van der Waals surface area contributed by atoms with Gasteiger partial charge in [-0.05, 0) is 32.6 Å². The van der Waals surface area contributed by atoms with Crippen molar-refractivity contribution in [2.24, 2.45) is 5.92 Å². The molecule has 4 heteroatoms. The minimum Gasteiger partial charge on any atom is -0.466 e. The summed E-state index contributed by atoms with van der Waals surface area (Å²) in [5.41, 5.74) is -0.661. The van der Waals surface area contributed by atoms with Gasteiger partial charge >= 0.3 is 5.97 Å². The fourth-order valence-electron chi connectivity index (χ4n) is 1.81. The van der Waals surface area contributed by atoms with Gasteiger partial charge < -0.3 is 9.84 Å². The summed E-state index contributed by atoms with van der Waals surface area (Å²) in [6.07, 6.45) is 2.74. The molecular formula is C10H18O3S. The highest BCUT2D eigenvalue weighted by atomic mass is 32.1. The summed E-state index contributed by atoms with van der Waals surface area (Å²) in [5.74, 6) is 0.339. The predicted molar refractivity (Wildman–Crippen MR) is 57.4 cm³/mol. The highest BCUT2D eigenvalue weighted by Gasteiger charge is 2.35. The Kier molecular flexibility index (Phi) is 4.26. The number of aliphatic hydroxyl groups is 1. The Morgan fingerprint density at radius 2 is 2.14 bits per heavy atom. The maximum atomic E-state index is 11.4. The van der Waals surface area contributed by atoms with Crippen LogP contribution in [0.4, 0.5) is 0 Å². The van der Waals surface area contributed by atoms with Gasteiger partial charge in [0, 0.05) is 5.75 Å². The maximum Gasteiger partial charge on any atom is 0.308 e. The standard InChI is InChI=1S/C10H18O3S/c1-2-13-9(11)8-3-5-10(12,7-14)6-4-8/h8,12,14H,2-7H2,1H3. The van der Waals surface area contributed by atoms with Crippen molar-refractivity contribution in [2.45, 2.75) is 38.2 Å². The molecular weight excluding hydrogens is 200 g/mol. The zero-order valence-corrected chi connectivity index (χ0v) is 9.43. The van der Waals surface area contributed by atoms with Crippen LogP contribution < -0.4 is 0 Å². The Hall–Kier alpha value is -0.220. The van der Waals surface area contributed by atoms with Gasteiger partial charge in [0.1, 0.15) is 0 Å². The van der Waals surface area contributed by atoms with E-state index in [4.69, 9.17) is 4.74 Å². The van der Waals surface area contributed by atoms with Gasteiger partial charge in [-0.15, -0.1) is 0 Å². The van der Waals surface area contributed by atoms with E-state index < -0.39 is 5.60 Å². The summed E-state index contributed by atoms with van der Waals surface area (Å²) < 4.78 is 4.94. The topological polar surface area (TPSA) is 46.5 Å². The van der Waals surface area contributed by atoms with Gasteiger partial charge in [0.25, 0.3) is 0 Å². The molecule has 0 atom stereocenters. The van der Waals surface area contributed by atoms with Crippen molar-refractivity contribution in [1.82, 2.24) is 0 Å². The van der Waals surface area contributed by atoms with Crippen LogP contribution in [-0.4, -0.2) is 29.0 Å². The molecule has 0 heterocycles. The van der Waals surface area contributed by atoms with Crippen LogP contribution in [0.3, 0.4) is 0 Å². The number of rotatable bonds is 3. The van der Waals surface area contributed by atoms with Gasteiger partial charge in [0.15, 0.2) is 0 Å². The SMILES string of the molecule is CCOC(=O)C1CCC(O)(CS)CC1. The first kappa shape index (κ1) is 11.9. The molecule has 0 aromatic carbocycles. The summed E-state index contributed by atoms with van der Waals surface area (Å²) in [6.45, 7) is 2.25. The van der Waals surface area contributed by atoms with Crippen molar-refractivity contribution in [3.05, 3.63) is 0 Å². The lowest BCUT2D eigenvalue weighted by Gasteiger charge is -2.33. The van der Waals surface area contributed by atoms with Gasteiger partial charge in [-0.25, -0.2) is 0 Å². The third-order valence-electron chi connectivity index (χ3n) is 2.83. The molecule has 3 nitrogen and oxygen atoms in total. The zero-order chi connectivity index (χ0) is 10.6. The largest absolute Gasteiger partial charge is 0.466 e. The van der Waals surface area contributed by atoms with E-state index in [0.717, 1.165) is 12.8 Å². The Morgan fingerprint density at radius 3 is 2.57 bits per heavy atom. The van der Waals surface area contributed by atoms with Crippen LogP contribution in [-0.2, 0) is 9.53 Å². The van der Waals surface area contributed by atoms with E-state index in [2.05, 4.69) is 12.6 Å². The number of hydrogen-bond donors (Lipinski definition) is 2. The van der Waals surface area contributed by atoms with E-state index in [1.54, 1.807) is 0 Å². The third-order valence-corrected chi connectivity index (χ3v) is 3.42. The third kappa shape index (κ3) is 2.89. The van der Waals surface area contributed by atoms with E-state index in [1.165, 1.54) is 0 Å². The van der Waals surface area contributed by atoms with Gasteiger partial charge in [-0.3, -0.25) is 4.79 Å². The van der Waals surface area contributed by atoms with Crippen LogP contribution >= 0.6 is 12.6 Å². The van der Waals surface area contributed by atoms with Crippen LogP contribution in [0.2, 0.25) is 0 Å². The van der Waals surface area contributed by atoms with E-state index >= 15 is 0 Å². The molecule has 14 heavy (non-hydrogen) atoms. The average molecular weight is 218 g/mol. The summed E-state index contributed by atoms with van der Waals surface area (Å²) in [6, 6.07) is 0. The van der Waals surface area contributed by atoms with Crippen LogP contribution in [0, 0.1) is 5.92 Å². The molecule has 0 saturated heterocycles. The second-order valence-corrected chi connectivity index (χ2v) is 4.23. The number of carbonyl (C=O) groups excluding carboxylic acids is 1. The lowest BCUT2D eigenvalue weighted by Crippen LogP contribution is -2.38. The number of thiol groups is 1. The van der Waals surface area contributed by atoms with Gasteiger partial charge in [0.05, 0.1) is 18.1 Å². The zero-order valence-electron chi connectivity index (χ0n) is 8.53. The highest BCUT2D eigenvalue weighted by molar-refractivity contribution is 7.80. The minimum absolute atomic E-state index is 0.0184. The van der Waals surface area contributed by atoms with Crippen molar-refractivity contribution in [1.29, 1.82) is 0 Å². The molecule has 1 aliphatic carbocycles. The molecule has 0 amide bonds. The van der Waals surface area contributed by atoms with Gasteiger partial charge in [0.2, 0.25) is 0 Å². The smallest absolute Gasteiger partial charge is 0.308 e. The van der Waals surface area contributed by atoms with E-state index in [9.17, 15) is 9.90 Å². The lowest BCUT2D eigenvalue weighted by molar-refractivity contribution is -0.150. The molecule has 0 bridgehead atoms. The first-order valence-corrected chi connectivity index (χ1v) is 5.74. The minimum atomic E-state index is -0.661. The lowest BCUT2D eigenvalue weighted by atomic mass is 9.80. The van der Waals surface area contributed by atoms with Crippen molar-refractivity contribution >= 4 is 18.6 Å². The first-order chi connectivity index (χ1) is 6.61. The summed E-state index contributed by atoms with van der Waals surface area (Å²) >= 11 is 4.11. The molecule has 1 fully saturated rings. The van der Waals surface area contributed by atoms with Crippen molar-refractivity contribution < 1.29 is 14.6 Å². The first-order valence-electron chi connectivity index (χ1n) is 5.11. The Bertz CT molecular complexity index is 198. The Balaban J connectivity index is 2.39. The summed E-state index contributed by atoms with van der Waals surface area (Å²) in [7, 11) is 0. The van der Waals surface area contributed by atoms with Crippen LogP contribution in [0.25, 0.3) is 0 Å². The summed E-state index contributed by atoms with van der Waals surface area (Å²) in [5, 5.41) is 9.88.